The first kappa shape index (κ1) is 15.1. The van der Waals surface area contributed by atoms with E-state index in [2.05, 4.69) is 17.1 Å². The summed E-state index contributed by atoms with van der Waals surface area (Å²) in [5, 5.41) is 3.82. The van der Waals surface area contributed by atoms with Crippen molar-refractivity contribution in [3.8, 4) is 11.4 Å². The van der Waals surface area contributed by atoms with Crippen LogP contribution in [-0.2, 0) is 11.3 Å². The van der Waals surface area contributed by atoms with Gasteiger partial charge >= 0.3 is 5.76 Å². The molecule has 0 spiro atoms. The third-order valence-electron chi connectivity index (χ3n) is 4.87. The average molecular weight is 328 g/mol. The minimum atomic E-state index is -0.614. The Morgan fingerprint density at radius 3 is 2.83 bits per heavy atom. The van der Waals surface area contributed by atoms with Crippen molar-refractivity contribution in [3.63, 3.8) is 0 Å². The van der Waals surface area contributed by atoms with Gasteiger partial charge in [-0.25, -0.2) is 9.36 Å². The van der Waals surface area contributed by atoms with Crippen molar-refractivity contribution >= 4 is 5.91 Å². The van der Waals surface area contributed by atoms with Crippen molar-refractivity contribution < 1.29 is 9.32 Å². The molecular weight excluding hydrogens is 308 g/mol. The second-order valence-electron chi connectivity index (χ2n) is 6.71. The molecule has 1 amide bonds. The summed E-state index contributed by atoms with van der Waals surface area (Å²) in [4.78, 5) is 30.9. The molecule has 2 heterocycles. The maximum atomic E-state index is 12.9. The lowest BCUT2D eigenvalue weighted by molar-refractivity contribution is -0.135. The fourth-order valence-corrected chi connectivity index (χ4v) is 3.25. The van der Waals surface area contributed by atoms with E-state index in [-0.39, 0.29) is 18.5 Å². The molecule has 0 bridgehead atoms. The second kappa shape index (κ2) is 5.89. The molecule has 0 unspecified atom stereocenters. The summed E-state index contributed by atoms with van der Waals surface area (Å²) < 4.78 is 6.09. The number of aromatic nitrogens is 3. The van der Waals surface area contributed by atoms with Gasteiger partial charge in [0.2, 0.25) is 5.91 Å². The first-order valence-corrected chi connectivity index (χ1v) is 8.43. The summed E-state index contributed by atoms with van der Waals surface area (Å²) in [6, 6.07) is 4.11. The minimum absolute atomic E-state index is 0.0349. The summed E-state index contributed by atoms with van der Waals surface area (Å²) in [5.74, 6) is 0.298. The van der Waals surface area contributed by atoms with E-state index in [1.54, 1.807) is 24.5 Å². The number of pyridine rings is 1. The number of amides is 1. The quantitative estimate of drug-likeness (QED) is 0.806. The number of carbonyl (C=O) groups excluding carboxylic acids is 1. The number of carbonyl (C=O) groups is 1. The molecule has 1 atom stereocenters. The van der Waals surface area contributed by atoms with Gasteiger partial charge < -0.3 is 4.90 Å². The summed E-state index contributed by atoms with van der Waals surface area (Å²) in [6.45, 7) is 2.08. The van der Waals surface area contributed by atoms with Crippen LogP contribution in [0.3, 0.4) is 0 Å². The van der Waals surface area contributed by atoms with Gasteiger partial charge in [0.25, 0.3) is 0 Å². The Hall–Kier alpha value is -2.44. The topological polar surface area (TPSA) is 81.2 Å². The lowest BCUT2D eigenvalue weighted by atomic mass is 10.1. The van der Waals surface area contributed by atoms with Gasteiger partial charge in [0.05, 0.1) is 0 Å². The van der Waals surface area contributed by atoms with E-state index in [9.17, 15) is 9.59 Å². The molecule has 7 heteroatoms. The molecule has 126 valence electrons. The Labute approximate surface area is 139 Å². The van der Waals surface area contributed by atoms with E-state index in [1.807, 2.05) is 4.90 Å². The SMILES string of the molecule is C[C@@H](C1CC1)N(C(=O)Cn1c(-c2cccnc2)noc1=O)C1CC1. The van der Waals surface area contributed by atoms with E-state index in [4.69, 9.17) is 4.52 Å². The van der Waals surface area contributed by atoms with Crippen LogP contribution < -0.4 is 5.76 Å². The van der Waals surface area contributed by atoms with Gasteiger partial charge in [0.15, 0.2) is 5.82 Å². The standard InChI is InChI=1S/C17H20N4O3/c1-11(12-4-5-12)21(14-6-7-14)15(22)10-20-16(19-24-17(20)23)13-3-2-8-18-9-13/h2-3,8-9,11-12,14H,4-7,10H2,1H3/t11-/m0/s1. The molecule has 24 heavy (non-hydrogen) atoms. The first-order valence-electron chi connectivity index (χ1n) is 8.43. The third kappa shape index (κ3) is 2.86. The Balaban J connectivity index is 1.59. The predicted molar refractivity (Wildman–Crippen MR) is 86.0 cm³/mol. The Morgan fingerprint density at radius 2 is 2.21 bits per heavy atom. The highest BCUT2D eigenvalue weighted by Gasteiger charge is 2.41. The lowest BCUT2D eigenvalue weighted by Gasteiger charge is -2.29. The summed E-state index contributed by atoms with van der Waals surface area (Å²) >= 11 is 0. The molecule has 0 radical (unpaired) electrons. The predicted octanol–water partition coefficient (Wildman–Crippen LogP) is 1.69. The molecule has 2 aliphatic carbocycles. The Kier molecular flexibility index (Phi) is 3.70. The first-order chi connectivity index (χ1) is 11.6. The molecule has 2 aromatic heterocycles. The van der Waals surface area contributed by atoms with Crippen molar-refractivity contribution in [1.82, 2.24) is 19.6 Å². The van der Waals surface area contributed by atoms with E-state index in [0.717, 1.165) is 12.8 Å². The lowest BCUT2D eigenvalue weighted by Crippen LogP contribution is -2.44. The van der Waals surface area contributed by atoms with Crippen molar-refractivity contribution in [2.24, 2.45) is 5.92 Å². The van der Waals surface area contributed by atoms with Crippen molar-refractivity contribution in [1.29, 1.82) is 0 Å². The Bertz CT molecular complexity index is 790. The number of rotatable bonds is 6. The van der Waals surface area contributed by atoms with Gasteiger partial charge in [-0.3, -0.25) is 14.3 Å². The molecule has 0 aliphatic heterocycles. The molecule has 2 fully saturated rings. The maximum absolute atomic E-state index is 12.9. The van der Waals surface area contributed by atoms with Gasteiger partial charge in [-0.1, -0.05) is 5.16 Å². The van der Waals surface area contributed by atoms with Gasteiger partial charge in [0.1, 0.15) is 6.54 Å². The zero-order chi connectivity index (χ0) is 16.7. The molecule has 0 N–H and O–H groups in total. The fourth-order valence-electron chi connectivity index (χ4n) is 3.25. The smallest absolute Gasteiger partial charge is 0.335 e. The molecule has 2 aromatic rings. The average Bonchev–Trinajstić information content (AvgIpc) is 3.48. The van der Waals surface area contributed by atoms with Gasteiger partial charge in [0, 0.05) is 30.0 Å². The van der Waals surface area contributed by atoms with E-state index >= 15 is 0 Å². The minimum Gasteiger partial charge on any atom is -0.335 e. The van der Waals surface area contributed by atoms with Crippen molar-refractivity contribution in [2.75, 3.05) is 0 Å². The van der Waals surface area contributed by atoms with Crippen LogP contribution in [0.25, 0.3) is 11.4 Å². The molecule has 2 saturated carbocycles. The van der Waals surface area contributed by atoms with Crippen LogP contribution in [0.1, 0.15) is 32.6 Å². The maximum Gasteiger partial charge on any atom is 0.442 e. The van der Waals surface area contributed by atoms with Crippen LogP contribution in [0.4, 0.5) is 0 Å². The zero-order valence-electron chi connectivity index (χ0n) is 13.6. The van der Waals surface area contributed by atoms with Crippen molar-refractivity contribution in [3.05, 3.63) is 35.1 Å². The van der Waals surface area contributed by atoms with Crippen LogP contribution in [0.15, 0.2) is 33.8 Å². The molecule has 2 aliphatic rings. The fraction of sp³-hybridized carbons (Fsp3) is 0.529. The van der Waals surface area contributed by atoms with Gasteiger partial charge in [-0.05, 0) is 50.7 Å². The van der Waals surface area contributed by atoms with E-state index in [0.29, 0.717) is 23.3 Å². The summed E-state index contributed by atoms with van der Waals surface area (Å²) in [5.41, 5.74) is 0.657. The van der Waals surface area contributed by atoms with Crippen LogP contribution in [0.5, 0.6) is 0 Å². The van der Waals surface area contributed by atoms with Crippen LogP contribution in [0, 0.1) is 5.92 Å². The zero-order valence-corrected chi connectivity index (χ0v) is 13.6. The summed E-state index contributed by atoms with van der Waals surface area (Å²) in [7, 11) is 0. The summed E-state index contributed by atoms with van der Waals surface area (Å²) in [6.07, 6.45) is 7.72. The van der Waals surface area contributed by atoms with Gasteiger partial charge in [-0.15, -0.1) is 0 Å². The molecular formula is C17H20N4O3. The Morgan fingerprint density at radius 1 is 1.42 bits per heavy atom. The molecule has 0 saturated heterocycles. The third-order valence-corrected chi connectivity index (χ3v) is 4.87. The van der Waals surface area contributed by atoms with E-state index < -0.39 is 5.76 Å². The second-order valence-corrected chi connectivity index (χ2v) is 6.71. The normalized spacial score (nSPS) is 18.4. The molecule has 0 aromatic carbocycles. The van der Waals surface area contributed by atoms with Crippen LogP contribution >= 0.6 is 0 Å². The largest absolute Gasteiger partial charge is 0.442 e. The highest BCUT2D eigenvalue weighted by Crippen LogP contribution is 2.39. The van der Waals surface area contributed by atoms with Crippen LogP contribution in [0.2, 0.25) is 0 Å². The number of hydrogen-bond donors (Lipinski definition) is 0. The number of nitrogens with zero attached hydrogens (tertiary/aromatic N) is 4. The van der Waals surface area contributed by atoms with Crippen molar-refractivity contribution in [2.45, 2.75) is 51.2 Å². The van der Waals surface area contributed by atoms with Crippen LogP contribution in [-0.4, -0.2) is 37.6 Å². The number of hydrogen-bond acceptors (Lipinski definition) is 5. The monoisotopic (exact) mass is 328 g/mol. The molecule has 4 rings (SSSR count). The van der Waals surface area contributed by atoms with E-state index in [1.165, 1.54) is 17.4 Å². The molecule has 7 nitrogen and oxygen atoms in total. The highest BCUT2D eigenvalue weighted by molar-refractivity contribution is 5.77. The van der Waals surface area contributed by atoms with Gasteiger partial charge in [-0.2, -0.15) is 0 Å². The highest BCUT2D eigenvalue weighted by atomic mass is 16.5.